The summed E-state index contributed by atoms with van der Waals surface area (Å²) in [6.45, 7) is 0. The van der Waals surface area contributed by atoms with Crippen LogP contribution in [0.4, 0.5) is 0 Å². The van der Waals surface area contributed by atoms with E-state index in [1.807, 2.05) is 72.8 Å². The van der Waals surface area contributed by atoms with Crippen molar-refractivity contribution in [1.29, 1.82) is 0 Å². The van der Waals surface area contributed by atoms with Gasteiger partial charge in [-0.2, -0.15) is 0 Å². The smallest absolute Gasteiger partial charge is 0.172 e. The zero-order valence-corrected chi connectivity index (χ0v) is 22.1. The SMILES string of the molecule is O=S1(=O)c2ccc[c-]c2-c2nccc3c2c1cc1ccccc13.[Ir].[c-]1ccccc1-c1ccccn1. The average Bonchev–Trinajstić information content (AvgIpc) is 2.93. The Morgan fingerprint density at radius 3 is 2.28 bits per heavy atom. The number of benzene rings is 4. The van der Waals surface area contributed by atoms with Gasteiger partial charge in [-0.25, -0.2) is 8.42 Å². The zero-order chi connectivity index (χ0) is 23.8. The summed E-state index contributed by atoms with van der Waals surface area (Å²) in [5, 5.41) is 3.55. The Hall–Kier alpha value is -3.70. The van der Waals surface area contributed by atoms with E-state index in [2.05, 4.69) is 22.1 Å². The van der Waals surface area contributed by atoms with E-state index in [0.29, 0.717) is 21.5 Å². The number of sulfone groups is 1. The van der Waals surface area contributed by atoms with Crippen LogP contribution in [-0.2, 0) is 29.9 Å². The number of pyridine rings is 2. The normalized spacial score (nSPS) is 12.7. The fraction of sp³-hybridized carbons (Fsp3) is 0. The molecule has 1 radical (unpaired) electrons. The molecular formula is C30H18IrN2O2S-2. The number of rotatable bonds is 1. The van der Waals surface area contributed by atoms with Gasteiger partial charge in [0.05, 0.1) is 4.90 Å². The van der Waals surface area contributed by atoms with Crippen molar-refractivity contribution in [2.75, 3.05) is 0 Å². The minimum Gasteiger partial charge on any atom is -0.305 e. The maximum Gasteiger partial charge on any atom is 0.172 e. The first-order chi connectivity index (χ1) is 17.1. The molecule has 0 amide bonds. The summed E-state index contributed by atoms with van der Waals surface area (Å²) in [6.07, 6.45) is 3.52. The van der Waals surface area contributed by atoms with Crippen molar-refractivity contribution in [1.82, 2.24) is 9.97 Å². The Morgan fingerprint density at radius 2 is 1.47 bits per heavy atom. The van der Waals surface area contributed by atoms with Crippen LogP contribution in [-0.4, -0.2) is 18.4 Å². The van der Waals surface area contributed by atoms with Gasteiger partial charge in [0.15, 0.2) is 9.84 Å². The minimum absolute atomic E-state index is 0. The van der Waals surface area contributed by atoms with E-state index in [0.717, 1.165) is 27.4 Å². The van der Waals surface area contributed by atoms with Crippen LogP contribution in [0.25, 0.3) is 44.1 Å². The van der Waals surface area contributed by atoms with Crippen LogP contribution in [0.1, 0.15) is 0 Å². The minimum atomic E-state index is -3.57. The van der Waals surface area contributed by atoms with Crippen LogP contribution in [0, 0.1) is 12.1 Å². The monoisotopic (exact) mass is 663 g/mol. The predicted octanol–water partition coefficient (Wildman–Crippen LogP) is 6.55. The molecular weight excluding hydrogens is 645 g/mol. The van der Waals surface area contributed by atoms with Crippen LogP contribution in [0.2, 0.25) is 0 Å². The molecule has 36 heavy (non-hydrogen) atoms. The van der Waals surface area contributed by atoms with E-state index in [1.54, 1.807) is 36.7 Å². The van der Waals surface area contributed by atoms with E-state index in [-0.39, 0.29) is 25.0 Å². The largest absolute Gasteiger partial charge is 0.305 e. The molecule has 0 bridgehead atoms. The molecule has 1 aliphatic rings. The Kier molecular flexibility index (Phi) is 6.50. The number of nitrogens with zero attached hydrogens (tertiary/aromatic N) is 2. The zero-order valence-electron chi connectivity index (χ0n) is 18.8. The quantitative estimate of drug-likeness (QED) is 0.148. The summed E-state index contributed by atoms with van der Waals surface area (Å²) in [4.78, 5) is 9.29. The number of aromatic nitrogens is 2. The van der Waals surface area contributed by atoms with Crippen LogP contribution in [0.15, 0.2) is 119 Å². The standard InChI is InChI=1S/C19H10NO2S.C11H8N.Ir/c21-23(22)16-8-4-3-7-15(16)19-18-14(9-10-20-19)13-6-2-1-5-12(13)11-17(18)23;1-2-6-10(7-3-1)11-8-4-5-9-12-11;/h1-6,8-11H;1-6,8-9H;/q2*-1;. The van der Waals surface area contributed by atoms with Gasteiger partial charge in [-0.05, 0) is 56.0 Å². The molecule has 7 rings (SSSR count). The summed E-state index contributed by atoms with van der Waals surface area (Å²) >= 11 is 0. The first kappa shape index (κ1) is 24.0. The fourth-order valence-corrected chi connectivity index (χ4v) is 6.12. The van der Waals surface area contributed by atoms with E-state index >= 15 is 0 Å². The molecule has 4 nitrogen and oxygen atoms in total. The number of hydrogen-bond acceptors (Lipinski definition) is 4. The second kappa shape index (κ2) is 9.75. The van der Waals surface area contributed by atoms with Crippen LogP contribution < -0.4 is 0 Å². The maximum atomic E-state index is 13.1. The fourth-order valence-electron chi connectivity index (χ4n) is 4.44. The van der Waals surface area contributed by atoms with Crippen molar-refractivity contribution in [2.24, 2.45) is 0 Å². The first-order valence-electron chi connectivity index (χ1n) is 11.1. The molecule has 0 saturated heterocycles. The van der Waals surface area contributed by atoms with Crippen LogP contribution in [0.5, 0.6) is 0 Å². The molecule has 0 unspecified atom stereocenters. The predicted molar refractivity (Wildman–Crippen MR) is 137 cm³/mol. The molecule has 1 aliphatic heterocycles. The maximum absolute atomic E-state index is 13.1. The molecule has 2 aromatic heterocycles. The second-order valence-corrected chi connectivity index (χ2v) is 9.97. The van der Waals surface area contributed by atoms with Crippen molar-refractivity contribution in [3.8, 4) is 22.5 Å². The molecule has 177 valence electrons. The molecule has 6 aromatic rings. The third-order valence-electron chi connectivity index (χ3n) is 6.02. The average molecular weight is 663 g/mol. The van der Waals surface area contributed by atoms with Gasteiger partial charge in [0, 0.05) is 32.5 Å². The first-order valence-corrected chi connectivity index (χ1v) is 12.6. The number of hydrogen-bond donors (Lipinski definition) is 0. The van der Waals surface area contributed by atoms with E-state index in [1.165, 1.54) is 0 Å². The van der Waals surface area contributed by atoms with Gasteiger partial charge in [0.1, 0.15) is 0 Å². The Morgan fingerprint density at radius 1 is 0.667 bits per heavy atom. The van der Waals surface area contributed by atoms with Gasteiger partial charge in [-0.1, -0.05) is 36.4 Å². The summed E-state index contributed by atoms with van der Waals surface area (Å²) in [5.74, 6) is 0. The molecule has 0 fully saturated rings. The van der Waals surface area contributed by atoms with E-state index in [4.69, 9.17) is 0 Å². The number of fused-ring (bicyclic) bond motifs is 4. The molecule has 0 aliphatic carbocycles. The van der Waals surface area contributed by atoms with Crippen molar-refractivity contribution >= 4 is 31.4 Å². The van der Waals surface area contributed by atoms with Gasteiger partial charge in [-0.15, -0.1) is 65.7 Å². The van der Waals surface area contributed by atoms with Crippen molar-refractivity contribution in [3.05, 3.63) is 122 Å². The van der Waals surface area contributed by atoms with Crippen molar-refractivity contribution < 1.29 is 28.5 Å². The molecule has 0 N–H and O–H groups in total. The molecule has 6 heteroatoms. The van der Waals surface area contributed by atoms with Gasteiger partial charge in [0.25, 0.3) is 0 Å². The van der Waals surface area contributed by atoms with E-state index < -0.39 is 9.84 Å². The third-order valence-corrected chi connectivity index (χ3v) is 7.84. The van der Waals surface area contributed by atoms with E-state index in [9.17, 15) is 8.42 Å². The van der Waals surface area contributed by atoms with Gasteiger partial charge in [-0.3, -0.25) is 0 Å². The summed E-state index contributed by atoms with van der Waals surface area (Å²) in [7, 11) is -3.57. The Bertz CT molecular complexity index is 1770. The summed E-state index contributed by atoms with van der Waals surface area (Å²) in [6, 6.07) is 36.4. The molecule has 0 atom stereocenters. The molecule has 4 aromatic carbocycles. The van der Waals surface area contributed by atoms with Gasteiger partial charge < -0.3 is 9.97 Å². The molecule has 0 saturated carbocycles. The third kappa shape index (κ3) is 4.03. The summed E-state index contributed by atoms with van der Waals surface area (Å²) < 4.78 is 26.2. The Labute approximate surface area is 223 Å². The van der Waals surface area contributed by atoms with Crippen LogP contribution in [0.3, 0.4) is 0 Å². The molecule has 3 heterocycles. The van der Waals surface area contributed by atoms with Crippen molar-refractivity contribution in [3.63, 3.8) is 0 Å². The Balaban J connectivity index is 0.000000175. The van der Waals surface area contributed by atoms with Gasteiger partial charge >= 0.3 is 0 Å². The van der Waals surface area contributed by atoms with Gasteiger partial charge in [0.2, 0.25) is 0 Å². The topological polar surface area (TPSA) is 59.9 Å². The summed E-state index contributed by atoms with van der Waals surface area (Å²) in [5.41, 5.74) is 3.26. The van der Waals surface area contributed by atoms with Crippen LogP contribution >= 0.6 is 0 Å². The van der Waals surface area contributed by atoms with Crippen molar-refractivity contribution in [2.45, 2.75) is 9.79 Å². The molecule has 0 spiro atoms. The second-order valence-electron chi connectivity index (χ2n) is 8.08.